The molecule has 44 heavy (non-hydrogen) atoms. The number of anilines is 3. The van der Waals surface area contributed by atoms with E-state index in [1.54, 1.807) is 0 Å². The average Bonchev–Trinajstić information content (AvgIpc) is 3.11. The Labute approximate surface area is 303 Å². The van der Waals surface area contributed by atoms with Gasteiger partial charge in [-0.15, -0.1) is 44.1 Å². The van der Waals surface area contributed by atoms with E-state index in [0.29, 0.717) is 5.92 Å². The third-order valence-electron chi connectivity index (χ3n) is 8.41. The number of halogens is 3. The van der Waals surface area contributed by atoms with Gasteiger partial charge >= 0.3 is 0 Å². The Bertz CT molecular complexity index is 1300. The van der Waals surface area contributed by atoms with Crippen LogP contribution in [0.3, 0.4) is 0 Å². The molecule has 1 aliphatic carbocycles. The van der Waals surface area contributed by atoms with Crippen molar-refractivity contribution in [3.8, 4) is 0 Å². The van der Waals surface area contributed by atoms with Crippen molar-refractivity contribution in [1.82, 2.24) is 0 Å². The standard InChI is InChI=1S/C27H36N3Si.C9H13.3ClH.Ti/c1-19-22(28(4)5)13-10-16-25(19)31(26-17-11-14-23(20(26)2)29(6)7)27-18-12-15-24(21(27)3)30(8)9;1-6-5-7(2)9(4)8(6)3;;;;/h10-18H,1-9H3;6H,1-4H3;3*1H;/q;-1;;;;. The summed E-state index contributed by atoms with van der Waals surface area (Å²) in [5, 5.41) is 4.40. The fourth-order valence-corrected chi connectivity index (χ4v) is 8.90. The van der Waals surface area contributed by atoms with Gasteiger partial charge in [0.2, 0.25) is 0 Å². The van der Waals surface area contributed by atoms with Crippen LogP contribution >= 0.6 is 37.2 Å². The van der Waals surface area contributed by atoms with Crippen LogP contribution < -0.4 is 30.3 Å². The summed E-state index contributed by atoms with van der Waals surface area (Å²) in [6.07, 6.45) is 3.36. The van der Waals surface area contributed by atoms with Gasteiger partial charge in [-0.25, -0.2) is 5.57 Å². The van der Waals surface area contributed by atoms with Gasteiger partial charge in [0.25, 0.3) is 0 Å². The SMILES string of the molecule is CC1=[C-]C(C)C(C)=C1C.Cc1c(N(C)C)cccc1[Si](c1cccc(N(C)C)c1C)c1cccc(N(C)C)c1C.Cl.Cl.Cl.[Ti]. The Balaban J connectivity index is 0. The maximum absolute atomic E-state index is 3.36. The molecule has 241 valence electrons. The predicted octanol–water partition coefficient (Wildman–Crippen LogP) is 7.31. The van der Waals surface area contributed by atoms with Crippen LogP contribution in [0.2, 0.25) is 0 Å². The molecule has 0 N–H and O–H groups in total. The molecule has 1 unspecified atom stereocenters. The van der Waals surface area contributed by atoms with Crippen LogP contribution in [0, 0.1) is 32.8 Å². The predicted molar refractivity (Wildman–Crippen MR) is 203 cm³/mol. The Kier molecular flexibility index (Phi) is 19.3. The third-order valence-corrected chi connectivity index (χ3v) is 11.6. The van der Waals surface area contributed by atoms with Crippen molar-refractivity contribution in [2.24, 2.45) is 5.92 Å². The van der Waals surface area contributed by atoms with Gasteiger partial charge in [0, 0.05) is 81.1 Å². The quantitative estimate of drug-likeness (QED) is 0.151. The Morgan fingerprint density at radius 3 is 1.02 bits per heavy atom. The van der Waals surface area contributed by atoms with E-state index in [4.69, 9.17) is 0 Å². The number of allylic oxidation sites excluding steroid dienone is 4. The van der Waals surface area contributed by atoms with E-state index in [-0.39, 0.29) is 58.9 Å². The minimum Gasteiger partial charge on any atom is -0.377 e. The second-order valence-electron chi connectivity index (χ2n) is 11.7. The van der Waals surface area contributed by atoms with E-state index in [9.17, 15) is 0 Å². The molecule has 1 aliphatic rings. The molecule has 8 heteroatoms. The molecule has 0 heterocycles. The van der Waals surface area contributed by atoms with Crippen molar-refractivity contribution in [2.45, 2.75) is 48.5 Å². The molecular weight excluding hydrogens is 657 g/mol. The summed E-state index contributed by atoms with van der Waals surface area (Å²) in [7, 11) is 11.6. The summed E-state index contributed by atoms with van der Waals surface area (Å²) < 4.78 is 0. The summed E-state index contributed by atoms with van der Waals surface area (Å²) in [6.45, 7) is 15.5. The Hall–Kier alpha value is -1.66. The summed E-state index contributed by atoms with van der Waals surface area (Å²) in [5.74, 6) is 0.560. The van der Waals surface area contributed by atoms with Crippen LogP contribution in [-0.4, -0.2) is 51.1 Å². The first-order valence-corrected chi connectivity index (χ1v) is 15.7. The molecule has 1 radical (unpaired) electrons. The van der Waals surface area contributed by atoms with E-state index in [0.717, 1.165) is 0 Å². The van der Waals surface area contributed by atoms with E-state index in [1.165, 1.54) is 66.0 Å². The van der Waals surface area contributed by atoms with Crippen LogP contribution in [0.25, 0.3) is 0 Å². The number of hydrogen-bond acceptors (Lipinski definition) is 3. The molecule has 3 nitrogen and oxygen atoms in total. The molecule has 0 aromatic heterocycles. The van der Waals surface area contributed by atoms with Crippen molar-refractivity contribution >= 4 is 78.6 Å². The molecule has 3 aromatic carbocycles. The fourth-order valence-electron chi connectivity index (χ4n) is 5.73. The first-order chi connectivity index (χ1) is 18.8. The van der Waals surface area contributed by atoms with Crippen molar-refractivity contribution in [3.63, 3.8) is 0 Å². The van der Waals surface area contributed by atoms with Gasteiger partial charge in [0.1, 0.15) is 0 Å². The number of hydrogen-bond donors (Lipinski definition) is 0. The van der Waals surface area contributed by atoms with Gasteiger partial charge in [0.15, 0.2) is 8.80 Å². The molecule has 0 saturated carbocycles. The van der Waals surface area contributed by atoms with E-state index >= 15 is 0 Å². The zero-order valence-corrected chi connectivity index (χ0v) is 33.9. The average molecular weight is 709 g/mol. The second-order valence-corrected chi connectivity index (χ2v) is 14.1. The van der Waals surface area contributed by atoms with Gasteiger partial charge < -0.3 is 14.7 Å². The third kappa shape index (κ3) is 9.67. The molecule has 3 aromatic rings. The monoisotopic (exact) mass is 707 g/mol. The molecule has 0 amide bonds. The molecule has 0 spiro atoms. The van der Waals surface area contributed by atoms with Gasteiger partial charge in [-0.05, 0) is 71.2 Å². The summed E-state index contributed by atoms with van der Waals surface area (Å²) in [4.78, 5) is 6.68. The summed E-state index contributed by atoms with van der Waals surface area (Å²) in [6, 6.07) is 20.4. The van der Waals surface area contributed by atoms with Gasteiger partial charge in [-0.2, -0.15) is 11.1 Å². The zero-order valence-electron chi connectivity index (χ0n) is 28.8. The first-order valence-electron chi connectivity index (χ1n) is 14.2. The molecule has 0 aliphatic heterocycles. The maximum atomic E-state index is 3.36. The molecule has 0 saturated heterocycles. The van der Waals surface area contributed by atoms with Crippen LogP contribution in [0.1, 0.15) is 44.4 Å². The first kappa shape index (κ1) is 44.5. The summed E-state index contributed by atoms with van der Waals surface area (Å²) >= 11 is 0. The van der Waals surface area contributed by atoms with Crippen LogP contribution in [0.4, 0.5) is 17.1 Å². The topological polar surface area (TPSA) is 9.72 Å². The minimum atomic E-state index is -1.21. The maximum Gasteiger partial charge on any atom is 0.155 e. The van der Waals surface area contributed by atoms with E-state index in [1.807, 2.05) is 0 Å². The number of nitrogens with zero attached hydrogens (tertiary/aromatic N) is 3. The van der Waals surface area contributed by atoms with Crippen molar-refractivity contribution in [2.75, 3.05) is 57.0 Å². The molecule has 1 atom stereocenters. The summed E-state index contributed by atoms with van der Waals surface area (Å²) in [5.41, 5.74) is 12.3. The van der Waals surface area contributed by atoms with Gasteiger partial charge in [-0.1, -0.05) is 63.1 Å². The second kappa shape index (κ2) is 19.1. The molecule has 0 bridgehead atoms. The van der Waals surface area contributed by atoms with Crippen LogP contribution in [0.15, 0.2) is 71.3 Å². The number of benzene rings is 3. The Morgan fingerprint density at radius 2 is 0.841 bits per heavy atom. The minimum absolute atomic E-state index is 0. The largest absolute Gasteiger partial charge is 0.377 e. The van der Waals surface area contributed by atoms with Crippen LogP contribution in [-0.2, 0) is 21.7 Å². The van der Waals surface area contributed by atoms with Crippen molar-refractivity contribution in [1.29, 1.82) is 0 Å². The molecular formula is C36H52Cl3N3SiTi-. The smallest absolute Gasteiger partial charge is 0.155 e. The van der Waals surface area contributed by atoms with Gasteiger partial charge in [-0.3, -0.25) is 6.08 Å². The van der Waals surface area contributed by atoms with E-state index < -0.39 is 8.80 Å². The Morgan fingerprint density at radius 1 is 0.545 bits per heavy atom. The van der Waals surface area contributed by atoms with Gasteiger partial charge in [0.05, 0.1) is 0 Å². The fraction of sp³-hybridized carbons (Fsp3) is 0.389. The normalized spacial score (nSPS) is 13.3. The van der Waals surface area contributed by atoms with Crippen molar-refractivity contribution in [3.05, 3.63) is 94.1 Å². The van der Waals surface area contributed by atoms with Crippen LogP contribution in [0.5, 0.6) is 0 Å². The van der Waals surface area contributed by atoms with Crippen molar-refractivity contribution < 1.29 is 21.7 Å². The zero-order chi connectivity index (χ0) is 29.9. The number of rotatable bonds is 6. The van der Waals surface area contributed by atoms with E-state index in [2.05, 4.69) is 166 Å². The molecule has 0 fully saturated rings. The molecule has 4 rings (SSSR count).